The van der Waals surface area contributed by atoms with E-state index in [4.69, 9.17) is 14.5 Å². The van der Waals surface area contributed by atoms with Gasteiger partial charge in [0.1, 0.15) is 12.4 Å². The number of aryl methyl sites for hydroxylation is 1. The van der Waals surface area contributed by atoms with E-state index in [0.717, 1.165) is 36.9 Å². The highest BCUT2D eigenvalue weighted by Crippen LogP contribution is 2.21. The molecule has 1 fully saturated rings. The molecular formula is C22H39IN4O2. The van der Waals surface area contributed by atoms with Crippen LogP contribution in [0.25, 0.3) is 0 Å². The van der Waals surface area contributed by atoms with Gasteiger partial charge in [-0.25, -0.2) is 4.99 Å². The highest BCUT2D eigenvalue weighted by atomic mass is 127. The molecule has 1 aromatic carbocycles. The van der Waals surface area contributed by atoms with Crippen molar-refractivity contribution in [2.45, 2.75) is 53.1 Å². The zero-order valence-electron chi connectivity index (χ0n) is 18.5. The molecule has 1 aliphatic rings. The van der Waals surface area contributed by atoms with Crippen LogP contribution >= 0.6 is 24.0 Å². The van der Waals surface area contributed by atoms with Crippen LogP contribution in [0.1, 0.15) is 44.7 Å². The summed E-state index contributed by atoms with van der Waals surface area (Å²) in [7, 11) is 0. The average Bonchev–Trinajstić information content (AvgIpc) is 3.16. The number of ether oxygens (including phenoxy) is 2. The first kappa shape index (κ1) is 26.0. The topological polar surface area (TPSA) is 58.1 Å². The second-order valence-electron chi connectivity index (χ2n) is 7.16. The van der Waals surface area contributed by atoms with Gasteiger partial charge in [-0.3, -0.25) is 4.90 Å². The number of halogens is 1. The van der Waals surface area contributed by atoms with Crippen LogP contribution in [0.4, 0.5) is 0 Å². The number of hydrogen-bond acceptors (Lipinski definition) is 4. The summed E-state index contributed by atoms with van der Waals surface area (Å²) in [6, 6.07) is 6.90. The maximum Gasteiger partial charge on any atom is 0.191 e. The summed E-state index contributed by atoms with van der Waals surface area (Å²) in [6.45, 7) is 15.0. The molecule has 0 amide bonds. The van der Waals surface area contributed by atoms with Crippen LogP contribution in [-0.2, 0) is 11.3 Å². The molecule has 1 atom stereocenters. The maximum absolute atomic E-state index is 5.94. The van der Waals surface area contributed by atoms with E-state index in [9.17, 15) is 0 Å². The molecule has 0 radical (unpaired) electrons. The van der Waals surface area contributed by atoms with E-state index in [1.807, 2.05) is 6.92 Å². The maximum atomic E-state index is 5.94. The smallest absolute Gasteiger partial charge is 0.191 e. The molecule has 1 unspecified atom stereocenters. The lowest BCUT2D eigenvalue weighted by Crippen LogP contribution is -2.44. The first-order valence-electron chi connectivity index (χ1n) is 10.7. The Labute approximate surface area is 193 Å². The SMILES string of the molecule is CCNC(=NCc1ccc(C)cc1OCCOCC)NCC1CCCN1CC.I. The number of likely N-dealkylation sites (N-methyl/N-ethyl adjacent to an activating group) is 1. The average molecular weight is 518 g/mol. The van der Waals surface area contributed by atoms with Gasteiger partial charge in [0.05, 0.1) is 13.2 Å². The number of benzene rings is 1. The van der Waals surface area contributed by atoms with Crippen molar-refractivity contribution in [2.24, 2.45) is 4.99 Å². The van der Waals surface area contributed by atoms with Crippen molar-refractivity contribution in [3.63, 3.8) is 0 Å². The molecule has 0 aromatic heterocycles. The van der Waals surface area contributed by atoms with Crippen LogP contribution in [0.2, 0.25) is 0 Å². The van der Waals surface area contributed by atoms with E-state index in [-0.39, 0.29) is 24.0 Å². The van der Waals surface area contributed by atoms with Gasteiger partial charge in [0.2, 0.25) is 0 Å². The molecule has 1 aromatic rings. The lowest BCUT2D eigenvalue weighted by molar-refractivity contribution is 0.110. The summed E-state index contributed by atoms with van der Waals surface area (Å²) in [6.07, 6.45) is 2.55. The van der Waals surface area contributed by atoms with Crippen LogP contribution in [0.3, 0.4) is 0 Å². The Morgan fingerprint density at radius 3 is 2.76 bits per heavy atom. The minimum Gasteiger partial charge on any atom is -0.491 e. The molecule has 29 heavy (non-hydrogen) atoms. The second-order valence-corrected chi connectivity index (χ2v) is 7.16. The van der Waals surface area contributed by atoms with Gasteiger partial charge in [0, 0.05) is 31.3 Å². The van der Waals surface area contributed by atoms with Crippen LogP contribution in [0.5, 0.6) is 5.75 Å². The standard InChI is InChI=1S/C22H38N4O2.HI/c1-5-23-22(25-17-20-9-8-12-26(20)6-2)24-16-19-11-10-18(4)15-21(19)28-14-13-27-7-3;/h10-11,15,20H,5-9,12-14,16-17H2,1-4H3,(H2,23,24,25);1H. The third kappa shape index (κ3) is 9.09. The van der Waals surface area contributed by atoms with Crippen molar-refractivity contribution in [3.05, 3.63) is 29.3 Å². The van der Waals surface area contributed by atoms with Crippen LogP contribution < -0.4 is 15.4 Å². The number of rotatable bonds is 11. The molecule has 1 saturated heterocycles. The Morgan fingerprint density at radius 2 is 2.03 bits per heavy atom. The molecule has 166 valence electrons. The number of likely N-dealkylation sites (tertiary alicyclic amines) is 1. The fourth-order valence-corrected chi connectivity index (χ4v) is 3.54. The molecule has 0 spiro atoms. The van der Waals surface area contributed by atoms with Crippen LogP contribution in [0, 0.1) is 6.92 Å². The highest BCUT2D eigenvalue weighted by Gasteiger charge is 2.22. The van der Waals surface area contributed by atoms with Gasteiger partial charge in [-0.05, 0) is 58.3 Å². The molecule has 1 aliphatic heterocycles. The molecule has 7 heteroatoms. The van der Waals surface area contributed by atoms with Crippen LogP contribution in [-0.4, -0.2) is 62.9 Å². The van der Waals surface area contributed by atoms with Gasteiger partial charge in [-0.1, -0.05) is 19.1 Å². The minimum atomic E-state index is 0. The van der Waals surface area contributed by atoms with Gasteiger partial charge < -0.3 is 20.1 Å². The van der Waals surface area contributed by atoms with E-state index in [0.29, 0.717) is 32.4 Å². The van der Waals surface area contributed by atoms with Crippen molar-refractivity contribution in [3.8, 4) is 5.75 Å². The first-order valence-corrected chi connectivity index (χ1v) is 10.7. The van der Waals surface area contributed by atoms with Crippen molar-refractivity contribution in [1.29, 1.82) is 0 Å². The molecule has 0 aliphatic carbocycles. The Bertz CT molecular complexity index is 612. The third-order valence-electron chi connectivity index (χ3n) is 5.07. The summed E-state index contributed by atoms with van der Waals surface area (Å²) in [5.74, 6) is 1.76. The van der Waals surface area contributed by atoms with Gasteiger partial charge in [0.15, 0.2) is 5.96 Å². The van der Waals surface area contributed by atoms with Gasteiger partial charge in [-0.2, -0.15) is 0 Å². The fraction of sp³-hybridized carbons (Fsp3) is 0.682. The summed E-state index contributed by atoms with van der Waals surface area (Å²) >= 11 is 0. The zero-order chi connectivity index (χ0) is 20.2. The minimum absolute atomic E-state index is 0. The summed E-state index contributed by atoms with van der Waals surface area (Å²) < 4.78 is 11.3. The lowest BCUT2D eigenvalue weighted by Gasteiger charge is -2.24. The number of nitrogens with zero attached hydrogens (tertiary/aromatic N) is 2. The van der Waals surface area contributed by atoms with Crippen LogP contribution in [0.15, 0.2) is 23.2 Å². The van der Waals surface area contributed by atoms with Gasteiger partial charge in [0.25, 0.3) is 0 Å². The highest BCUT2D eigenvalue weighted by molar-refractivity contribution is 14.0. The Hall–Kier alpha value is -1.06. The van der Waals surface area contributed by atoms with Crippen molar-refractivity contribution in [1.82, 2.24) is 15.5 Å². The predicted molar refractivity (Wildman–Crippen MR) is 132 cm³/mol. The molecule has 2 rings (SSSR count). The molecular weight excluding hydrogens is 479 g/mol. The third-order valence-corrected chi connectivity index (χ3v) is 5.07. The normalized spacial score (nSPS) is 17.1. The Balaban J connectivity index is 0.00000420. The quantitative estimate of drug-likeness (QED) is 0.203. The van der Waals surface area contributed by atoms with E-state index in [1.54, 1.807) is 0 Å². The lowest BCUT2D eigenvalue weighted by atomic mass is 10.1. The largest absolute Gasteiger partial charge is 0.491 e. The fourth-order valence-electron chi connectivity index (χ4n) is 3.54. The van der Waals surface area contributed by atoms with Gasteiger partial charge >= 0.3 is 0 Å². The van der Waals surface area contributed by atoms with E-state index in [2.05, 4.69) is 54.5 Å². The van der Waals surface area contributed by atoms with Crippen molar-refractivity contribution >= 4 is 29.9 Å². The Morgan fingerprint density at radius 1 is 1.21 bits per heavy atom. The van der Waals surface area contributed by atoms with Crippen molar-refractivity contribution < 1.29 is 9.47 Å². The molecule has 2 N–H and O–H groups in total. The summed E-state index contributed by atoms with van der Waals surface area (Å²) in [5.41, 5.74) is 2.28. The summed E-state index contributed by atoms with van der Waals surface area (Å²) in [5, 5.41) is 6.88. The monoisotopic (exact) mass is 518 g/mol. The molecule has 0 bridgehead atoms. The number of aliphatic imine (C=N–C) groups is 1. The molecule has 6 nitrogen and oxygen atoms in total. The van der Waals surface area contributed by atoms with E-state index < -0.39 is 0 Å². The Kier molecular flexibility index (Phi) is 13.3. The molecule has 1 heterocycles. The first-order chi connectivity index (χ1) is 13.7. The van der Waals surface area contributed by atoms with E-state index in [1.165, 1.54) is 24.9 Å². The van der Waals surface area contributed by atoms with Gasteiger partial charge in [-0.15, -0.1) is 24.0 Å². The number of hydrogen-bond donors (Lipinski definition) is 2. The summed E-state index contributed by atoms with van der Waals surface area (Å²) in [4.78, 5) is 7.34. The second kappa shape index (κ2) is 14.8. The predicted octanol–water partition coefficient (Wildman–Crippen LogP) is 3.57. The van der Waals surface area contributed by atoms with Crippen molar-refractivity contribution in [2.75, 3.05) is 46.0 Å². The van der Waals surface area contributed by atoms with E-state index >= 15 is 0 Å². The zero-order valence-corrected chi connectivity index (χ0v) is 20.8. The number of nitrogens with one attached hydrogen (secondary N) is 2. The molecule has 0 saturated carbocycles. The number of guanidine groups is 1.